The van der Waals surface area contributed by atoms with Gasteiger partial charge in [0.1, 0.15) is 0 Å². The zero-order valence-electron chi connectivity index (χ0n) is 10.1. The highest BCUT2D eigenvalue weighted by Gasteiger charge is 2.09. The van der Waals surface area contributed by atoms with Crippen LogP contribution in [0.15, 0.2) is 29.2 Å². The van der Waals surface area contributed by atoms with Gasteiger partial charge in [0.2, 0.25) is 0 Å². The molecule has 0 unspecified atom stereocenters. The van der Waals surface area contributed by atoms with Crippen LogP contribution >= 0.6 is 34.3 Å². The van der Waals surface area contributed by atoms with Crippen LogP contribution in [0.3, 0.4) is 0 Å². The molecule has 0 amide bonds. The van der Waals surface area contributed by atoms with Crippen LogP contribution in [-0.4, -0.2) is 15.0 Å². The van der Waals surface area contributed by atoms with Crippen molar-refractivity contribution < 1.29 is 0 Å². The van der Waals surface area contributed by atoms with E-state index in [2.05, 4.69) is 20.3 Å². The van der Waals surface area contributed by atoms with Crippen molar-refractivity contribution in [1.29, 1.82) is 0 Å². The minimum Gasteiger partial charge on any atom is -0.263 e. The molecule has 3 rings (SSSR count). The van der Waals surface area contributed by atoms with Gasteiger partial charge in [-0.25, -0.2) is 9.97 Å². The number of halogens is 1. The van der Waals surface area contributed by atoms with Crippen molar-refractivity contribution in [2.45, 2.75) is 13.3 Å². The van der Waals surface area contributed by atoms with Gasteiger partial charge in [0, 0.05) is 35.1 Å². The van der Waals surface area contributed by atoms with Crippen LogP contribution in [0.1, 0.15) is 15.7 Å². The second-order valence-electron chi connectivity index (χ2n) is 4.02. The maximum Gasteiger partial charge on any atom is 0.0992 e. The van der Waals surface area contributed by atoms with Gasteiger partial charge in [-0.3, -0.25) is 4.98 Å². The quantitative estimate of drug-likeness (QED) is 0.727. The van der Waals surface area contributed by atoms with Gasteiger partial charge >= 0.3 is 0 Å². The lowest BCUT2D eigenvalue weighted by Gasteiger charge is -1.98. The number of hydrogen-bond donors (Lipinski definition) is 0. The van der Waals surface area contributed by atoms with Crippen molar-refractivity contribution in [2.75, 3.05) is 0 Å². The number of aromatic nitrogens is 3. The van der Waals surface area contributed by atoms with Gasteiger partial charge in [-0.05, 0) is 13.0 Å². The Morgan fingerprint density at radius 2 is 2.11 bits per heavy atom. The molecular weight excluding hydrogens is 298 g/mol. The van der Waals surface area contributed by atoms with Crippen molar-refractivity contribution in [1.82, 2.24) is 15.0 Å². The van der Waals surface area contributed by atoms with E-state index in [0.717, 1.165) is 33.4 Å². The van der Waals surface area contributed by atoms with E-state index in [-0.39, 0.29) is 0 Å². The summed E-state index contributed by atoms with van der Waals surface area (Å²) in [7, 11) is 0. The normalized spacial score (nSPS) is 10.8. The lowest BCUT2D eigenvalue weighted by Crippen LogP contribution is -1.88. The summed E-state index contributed by atoms with van der Waals surface area (Å²) in [6.07, 6.45) is 4.14. The molecule has 19 heavy (non-hydrogen) atoms. The van der Waals surface area contributed by atoms with Crippen LogP contribution in [0.5, 0.6) is 0 Å². The Balaban J connectivity index is 1.86. The average Bonchev–Trinajstić information content (AvgIpc) is 3.00. The molecule has 0 fully saturated rings. The highest BCUT2D eigenvalue weighted by Crippen LogP contribution is 2.28. The Labute approximate surface area is 124 Å². The maximum atomic E-state index is 6.12. The van der Waals surface area contributed by atoms with E-state index in [9.17, 15) is 0 Å². The zero-order valence-corrected chi connectivity index (χ0v) is 12.5. The minimum absolute atomic E-state index is 0.629. The second kappa shape index (κ2) is 5.36. The topological polar surface area (TPSA) is 38.7 Å². The maximum absolute atomic E-state index is 6.12. The monoisotopic (exact) mass is 307 g/mol. The Kier molecular flexibility index (Phi) is 3.59. The van der Waals surface area contributed by atoms with Gasteiger partial charge in [-0.1, -0.05) is 11.6 Å². The highest BCUT2D eigenvalue weighted by atomic mass is 35.5. The Hall–Kier alpha value is -1.30. The van der Waals surface area contributed by atoms with Crippen LogP contribution in [0.25, 0.3) is 11.3 Å². The first-order chi connectivity index (χ1) is 9.22. The van der Waals surface area contributed by atoms with Gasteiger partial charge in [0.15, 0.2) is 0 Å². The van der Waals surface area contributed by atoms with Crippen LogP contribution in [0, 0.1) is 6.92 Å². The first kappa shape index (κ1) is 12.7. The second-order valence-corrected chi connectivity index (χ2v) is 6.43. The van der Waals surface area contributed by atoms with Gasteiger partial charge in [0.05, 0.1) is 26.4 Å². The summed E-state index contributed by atoms with van der Waals surface area (Å²) in [6, 6.07) is 1.88. The molecule has 0 N–H and O–H groups in total. The van der Waals surface area contributed by atoms with Crippen LogP contribution in [0.4, 0.5) is 0 Å². The van der Waals surface area contributed by atoms with E-state index in [4.69, 9.17) is 11.6 Å². The third-order valence-corrected chi connectivity index (χ3v) is 4.57. The van der Waals surface area contributed by atoms with E-state index in [1.54, 1.807) is 35.1 Å². The molecule has 0 aliphatic carbocycles. The third kappa shape index (κ3) is 2.83. The number of rotatable bonds is 3. The van der Waals surface area contributed by atoms with Crippen molar-refractivity contribution in [3.05, 3.63) is 50.0 Å². The summed E-state index contributed by atoms with van der Waals surface area (Å²) in [6.45, 7) is 2.01. The molecule has 0 radical (unpaired) electrons. The first-order valence-corrected chi connectivity index (χ1v) is 7.81. The summed E-state index contributed by atoms with van der Waals surface area (Å²) in [5.74, 6) is 0. The third-order valence-electron chi connectivity index (χ3n) is 2.60. The molecule has 0 saturated heterocycles. The number of thiazole rings is 2. The predicted octanol–water partition coefficient (Wildman–Crippen LogP) is 4.21. The molecule has 0 atom stereocenters. The summed E-state index contributed by atoms with van der Waals surface area (Å²) in [5, 5.41) is 6.87. The smallest absolute Gasteiger partial charge is 0.0992 e. The fourth-order valence-electron chi connectivity index (χ4n) is 1.74. The van der Waals surface area contributed by atoms with E-state index in [0.29, 0.717) is 5.02 Å². The van der Waals surface area contributed by atoms with E-state index < -0.39 is 0 Å². The summed E-state index contributed by atoms with van der Waals surface area (Å²) < 4.78 is 0. The molecular formula is C13H10ClN3S2. The molecule has 3 heterocycles. The van der Waals surface area contributed by atoms with Crippen LogP contribution in [0.2, 0.25) is 5.02 Å². The Morgan fingerprint density at radius 3 is 2.84 bits per heavy atom. The molecule has 6 heteroatoms. The molecule has 0 aromatic carbocycles. The van der Waals surface area contributed by atoms with Gasteiger partial charge in [0.25, 0.3) is 0 Å². The van der Waals surface area contributed by atoms with E-state index in [1.807, 2.05) is 18.4 Å². The molecule has 96 valence electrons. The fraction of sp³-hybridized carbons (Fsp3) is 0.154. The number of hydrogen-bond acceptors (Lipinski definition) is 5. The highest BCUT2D eigenvalue weighted by molar-refractivity contribution is 7.10. The lowest BCUT2D eigenvalue weighted by molar-refractivity contribution is 1.06. The summed E-state index contributed by atoms with van der Waals surface area (Å²) >= 11 is 9.42. The molecule has 3 aromatic rings. The predicted molar refractivity (Wildman–Crippen MR) is 80.0 cm³/mol. The standard InChI is InChI=1S/C13H10ClN3S2/c1-8-16-9(6-18-8)4-13-17-12(7-19-13)10-2-3-15-5-11(10)14/h2-3,5-7H,4H2,1H3. The molecule has 3 nitrogen and oxygen atoms in total. The van der Waals surface area contributed by atoms with Crippen LogP contribution in [-0.2, 0) is 6.42 Å². The van der Waals surface area contributed by atoms with Gasteiger partial charge in [-0.2, -0.15) is 0 Å². The number of pyridine rings is 1. The van der Waals surface area contributed by atoms with Crippen molar-refractivity contribution in [2.24, 2.45) is 0 Å². The zero-order chi connectivity index (χ0) is 13.2. The SMILES string of the molecule is Cc1nc(Cc2nc(-c3ccncc3Cl)cs2)cs1. The molecule has 0 bridgehead atoms. The Morgan fingerprint density at radius 1 is 1.21 bits per heavy atom. The Bertz CT molecular complexity index is 705. The van der Waals surface area contributed by atoms with E-state index in [1.165, 1.54) is 0 Å². The van der Waals surface area contributed by atoms with Crippen molar-refractivity contribution in [3.8, 4) is 11.3 Å². The number of nitrogens with zero attached hydrogens (tertiary/aromatic N) is 3. The average molecular weight is 308 g/mol. The van der Waals surface area contributed by atoms with Gasteiger partial charge < -0.3 is 0 Å². The first-order valence-electron chi connectivity index (χ1n) is 5.67. The van der Waals surface area contributed by atoms with Crippen molar-refractivity contribution >= 4 is 34.3 Å². The summed E-state index contributed by atoms with van der Waals surface area (Å²) in [4.78, 5) is 13.1. The van der Waals surface area contributed by atoms with Crippen molar-refractivity contribution in [3.63, 3.8) is 0 Å². The molecule has 0 aliphatic rings. The number of aryl methyl sites for hydroxylation is 1. The lowest BCUT2D eigenvalue weighted by atomic mass is 10.2. The van der Waals surface area contributed by atoms with E-state index >= 15 is 0 Å². The summed E-state index contributed by atoms with van der Waals surface area (Å²) in [5.41, 5.74) is 2.90. The molecule has 0 saturated carbocycles. The fourth-order valence-corrected chi connectivity index (χ4v) is 3.38. The minimum atomic E-state index is 0.629. The van der Waals surface area contributed by atoms with Crippen LogP contribution < -0.4 is 0 Å². The van der Waals surface area contributed by atoms with Gasteiger partial charge in [-0.15, -0.1) is 22.7 Å². The molecule has 0 spiro atoms. The largest absolute Gasteiger partial charge is 0.263 e. The molecule has 0 aliphatic heterocycles. The molecule has 3 aromatic heterocycles.